The summed E-state index contributed by atoms with van der Waals surface area (Å²) in [6, 6.07) is 8.13. The van der Waals surface area contributed by atoms with Gasteiger partial charge in [-0.05, 0) is 30.3 Å². The van der Waals surface area contributed by atoms with Gasteiger partial charge in [-0.3, -0.25) is 14.4 Å². The molecule has 0 bridgehead atoms. The third-order valence-corrected chi connectivity index (χ3v) is 4.69. The van der Waals surface area contributed by atoms with Crippen LogP contribution in [0.5, 0.6) is 5.75 Å². The van der Waals surface area contributed by atoms with Gasteiger partial charge < -0.3 is 30.0 Å². The van der Waals surface area contributed by atoms with Crippen molar-refractivity contribution in [3.63, 3.8) is 0 Å². The van der Waals surface area contributed by atoms with Gasteiger partial charge >= 0.3 is 0 Å². The number of aromatic amines is 1. The molecule has 0 aliphatic carbocycles. The number of H-pyrrole nitrogens is 1. The molecule has 1 atom stereocenters. The molecule has 0 radical (unpaired) electrons. The Morgan fingerprint density at radius 3 is 2.93 bits per heavy atom. The zero-order valence-electron chi connectivity index (χ0n) is 16.4. The van der Waals surface area contributed by atoms with Crippen molar-refractivity contribution < 1.29 is 19.1 Å². The summed E-state index contributed by atoms with van der Waals surface area (Å²) < 4.78 is 10.7. The maximum absolute atomic E-state index is 12.4. The lowest BCUT2D eigenvalue weighted by Gasteiger charge is -2.35. The Morgan fingerprint density at radius 1 is 1.34 bits per heavy atom. The molecule has 1 aromatic carbocycles. The fourth-order valence-corrected chi connectivity index (χ4v) is 3.05. The molecule has 1 aromatic heterocycles. The summed E-state index contributed by atoms with van der Waals surface area (Å²) in [7, 11) is 3.42. The highest BCUT2D eigenvalue weighted by Crippen LogP contribution is 2.34. The Balaban J connectivity index is 1.67. The standard InChI is InChI=1S/C20H24N4O5/c1-24-14(11-18(25)23-15-4-3-7-21-20(15)27)12-29-17-6-5-13(10-16(17)24)19(26)22-8-9-28-2/h3-7,10,14H,8-9,11-12H2,1-2H3,(H,21,27)(H,22,26)(H,23,25)/t14-/m0/s1. The van der Waals surface area contributed by atoms with E-state index in [1.807, 2.05) is 11.9 Å². The number of likely N-dealkylation sites (N-methyl/N-ethyl adjacent to an activating group) is 1. The molecule has 1 aliphatic heterocycles. The molecular formula is C20H24N4O5. The Kier molecular flexibility index (Phi) is 6.50. The molecule has 9 heteroatoms. The number of ether oxygens (including phenoxy) is 2. The molecule has 154 valence electrons. The van der Waals surface area contributed by atoms with Gasteiger partial charge in [0, 0.05) is 32.5 Å². The minimum absolute atomic E-state index is 0.133. The van der Waals surface area contributed by atoms with Crippen molar-refractivity contribution in [3.05, 3.63) is 52.4 Å². The van der Waals surface area contributed by atoms with E-state index >= 15 is 0 Å². The summed E-state index contributed by atoms with van der Waals surface area (Å²) >= 11 is 0. The molecule has 0 spiro atoms. The Bertz CT molecular complexity index is 942. The molecular weight excluding hydrogens is 376 g/mol. The minimum atomic E-state index is -0.358. The number of nitrogens with zero attached hydrogens (tertiary/aromatic N) is 1. The van der Waals surface area contributed by atoms with Crippen LogP contribution in [0.15, 0.2) is 41.3 Å². The third-order valence-electron chi connectivity index (χ3n) is 4.69. The van der Waals surface area contributed by atoms with E-state index in [1.54, 1.807) is 37.4 Å². The monoisotopic (exact) mass is 400 g/mol. The second-order valence-electron chi connectivity index (χ2n) is 6.67. The number of hydrogen-bond acceptors (Lipinski definition) is 6. The van der Waals surface area contributed by atoms with Crippen LogP contribution < -0.4 is 25.8 Å². The predicted molar refractivity (Wildman–Crippen MR) is 109 cm³/mol. The fraction of sp³-hybridized carbons (Fsp3) is 0.350. The molecule has 0 saturated carbocycles. The molecule has 0 saturated heterocycles. The molecule has 3 N–H and O–H groups in total. The van der Waals surface area contributed by atoms with Crippen molar-refractivity contribution in [1.29, 1.82) is 0 Å². The summed E-state index contributed by atoms with van der Waals surface area (Å²) in [6.45, 7) is 1.17. The fourth-order valence-electron chi connectivity index (χ4n) is 3.05. The van der Waals surface area contributed by atoms with Crippen LogP contribution in [0.2, 0.25) is 0 Å². The van der Waals surface area contributed by atoms with Crippen LogP contribution in [0.3, 0.4) is 0 Å². The van der Waals surface area contributed by atoms with Crippen molar-refractivity contribution in [1.82, 2.24) is 10.3 Å². The van der Waals surface area contributed by atoms with Crippen LogP contribution >= 0.6 is 0 Å². The van der Waals surface area contributed by atoms with E-state index in [2.05, 4.69) is 15.6 Å². The molecule has 2 heterocycles. The zero-order valence-corrected chi connectivity index (χ0v) is 16.4. The lowest BCUT2D eigenvalue weighted by atomic mass is 10.1. The van der Waals surface area contributed by atoms with Crippen molar-refractivity contribution >= 4 is 23.2 Å². The summed E-state index contributed by atoms with van der Waals surface area (Å²) in [5, 5.41) is 5.40. The molecule has 2 aromatic rings. The minimum Gasteiger partial charge on any atom is -0.489 e. The van der Waals surface area contributed by atoms with Gasteiger partial charge in [0.15, 0.2) is 0 Å². The summed E-state index contributed by atoms with van der Waals surface area (Å²) in [5.41, 5.74) is 1.07. The number of anilines is 2. The first-order chi connectivity index (χ1) is 14.0. The van der Waals surface area contributed by atoms with Crippen LogP contribution in [0.4, 0.5) is 11.4 Å². The molecule has 3 rings (SSSR count). The maximum Gasteiger partial charge on any atom is 0.271 e. The van der Waals surface area contributed by atoms with E-state index in [0.717, 1.165) is 5.69 Å². The number of methoxy groups -OCH3 is 1. The van der Waals surface area contributed by atoms with Crippen LogP contribution in [0.25, 0.3) is 0 Å². The number of benzene rings is 1. The van der Waals surface area contributed by atoms with Crippen LogP contribution in [0, 0.1) is 0 Å². The normalized spacial score (nSPS) is 15.2. The second kappa shape index (κ2) is 9.24. The summed E-state index contributed by atoms with van der Waals surface area (Å²) in [6.07, 6.45) is 1.63. The van der Waals surface area contributed by atoms with Crippen molar-refractivity contribution in [2.75, 3.05) is 44.1 Å². The summed E-state index contributed by atoms with van der Waals surface area (Å²) in [5.74, 6) is 0.151. The first-order valence-corrected chi connectivity index (χ1v) is 9.24. The molecule has 1 aliphatic rings. The maximum atomic E-state index is 12.4. The van der Waals surface area contributed by atoms with Crippen molar-refractivity contribution in [3.8, 4) is 5.75 Å². The topological polar surface area (TPSA) is 113 Å². The van der Waals surface area contributed by atoms with Crippen LogP contribution in [0.1, 0.15) is 16.8 Å². The molecule has 29 heavy (non-hydrogen) atoms. The molecule has 9 nitrogen and oxygen atoms in total. The number of nitrogens with one attached hydrogen (secondary N) is 3. The first kappa shape index (κ1) is 20.4. The first-order valence-electron chi connectivity index (χ1n) is 9.24. The van der Waals surface area contributed by atoms with Gasteiger partial charge in [0.05, 0.1) is 24.8 Å². The van der Waals surface area contributed by atoms with Crippen LogP contribution in [-0.2, 0) is 9.53 Å². The molecule has 2 amide bonds. The highest BCUT2D eigenvalue weighted by Gasteiger charge is 2.27. The highest BCUT2D eigenvalue weighted by molar-refractivity contribution is 5.96. The average Bonchev–Trinajstić information content (AvgIpc) is 2.72. The predicted octanol–water partition coefficient (Wildman–Crippen LogP) is 0.977. The van der Waals surface area contributed by atoms with E-state index in [-0.39, 0.29) is 35.5 Å². The lowest BCUT2D eigenvalue weighted by Crippen LogP contribution is -2.43. The lowest BCUT2D eigenvalue weighted by molar-refractivity contribution is -0.116. The summed E-state index contributed by atoms with van der Waals surface area (Å²) in [4.78, 5) is 40.8. The van der Waals surface area contributed by atoms with Gasteiger partial charge in [0.25, 0.3) is 11.5 Å². The van der Waals surface area contributed by atoms with Gasteiger partial charge in [-0.1, -0.05) is 0 Å². The zero-order chi connectivity index (χ0) is 20.8. The number of rotatable bonds is 7. The number of carbonyl (C=O) groups excluding carboxylic acids is 2. The molecule has 0 unspecified atom stereocenters. The van der Waals surface area contributed by atoms with Gasteiger partial charge in [0.2, 0.25) is 5.91 Å². The van der Waals surface area contributed by atoms with E-state index in [1.165, 1.54) is 6.20 Å². The number of carbonyl (C=O) groups is 2. The van der Waals surface area contributed by atoms with Gasteiger partial charge in [-0.25, -0.2) is 0 Å². The second-order valence-corrected chi connectivity index (χ2v) is 6.67. The Morgan fingerprint density at radius 2 is 2.17 bits per heavy atom. The highest BCUT2D eigenvalue weighted by atomic mass is 16.5. The average molecular weight is 400 g/mol. The van der Waals surface area contributed by atoms with Crippen LogP contribution in [-0.4, -0.2) is 56.8 Å². The van der Waals surface area contributed by atoms with E-state index in [9.17, 15) is 14.4 Å². The van der Waals surface area contributed by atoms with Crippen molar-refractivity contribution in [2.45, 2.75) is 12.5 Å². The largest absolute Gasteiger partial charge is 0.489 e. The van der Waals surface area contributed by atoms with Crippen molar-refractivity contribution in [2.24, 2.45) is 0 Å². The quantitative estimate of drug-likeness (QED) is 0.597. The smallest absolute Gasteiger partial charge is 0.271 e. The van der Waals surface area contributed by atoms with Gasteiger partial charge in [0.1, 0.15) is 18.0 Å². The Labute approximate surface area is 168 Å². The number of hydrogen-bond donors (Lipinski definition) is 3. The number of amides is 2. The van der Waals surface area contributed by atoms with E-state index < -0.39 is 0 Å². The van der Waals surface area contributed by atoms with E-state index in [4.69, 9.17) is 9.47 Å². The van der Waals surface area contributed by atoms with Gasteiger partial charge in [-0.15, -0.1) is 0 Å². The third kappa shape index (κ3) is 4.94. The van der Waals surface area contributed by atoms with Gasteiger partial charge in [-0.2, -0.15) is 0 Å². The number of pyridine rings is 1. The molecule has 0 fully saturated rings. The number of aromatic nitrogens is 1. The Hall–Kier alpha value is -3.33. The van der Waals surface area contributed by atoms with E-state index in [0.29, 0.717) is 31.1 Å². The number of fused-ring (bicyclic) bond motifs is 1. The SMILES string of the molecule is COCCNC(=O)c1ccc2c(c1)N(C)[C@@H](CC(=O)Nc1ccc[nH]c1=O)CO2.